The van der Waals surface area contributed by atoms with Gasteiger partial charge in [0.15, 0.2) is 0 Å². The van der Waals surface area contributed by atoms with Gasteiger partial charge in [0.2, 0.25) is 0 Å². The van der Waals surface area contributed by atoms with Crippen LogP contribution in [-0.4, -0.2) is 42.0 Å². The Hall–Kier alpha value is -1.21. The fourth-order valence-corrected chi connectivity index (χ4v) is 1.92. The predicted octanol–water partition coefficient (Wildman–Crippen LogP) is 2.42. The Balaban J connectivity index is 2.68. The van der Waals surface area contributed by atoms with Crippen LogP contribution < -0.4 is 5.32 Å². The molecule has 0 unspecified atom stereocenters. The number of aromatic nitrogens is 1. The second kappa shape index (κ2) is 6.65. The van der Waals surface area contributed by atoms with Gasteiger partial charge in [-0.25, -0.2) is 4.98 Å². The Labute approximate surface area is 115 Å². The number of nitro groups is 1. The van der Waals surface area contributed by atoms with Crippen LogP contribution in [0, 0.1) is 17.0 Å². The Morgan fingerprint density at radius 3 is 2.78 bits per heavy atom. The zero-order valence-corrected chi connectivity index (χ0v) is 12.3. The number of nitrogens with one attached hydrogen (secondary N) is 1. The maximum absolute atomic E-state index is 10.7. The van der Waals surface area contributed by atoms with E-state index in [2.05, 4.69) is 31.1 Å². The van der Waals surface area contributed by atoms with Crippen LogP contribution in [0.25, 0.3) is 0 Å². The number of rotatable bonds is 6. The molecule has 0 atom stereocenters. The van der Waals surface area contributed by atoms with E-state index in [0.29, 0.717) is 15.9 Å². The summed E-state index contributed by atoms with van der Waals surface area (Å²) in [4.78, 5) is 16.5. The topological polar surface area (TPSA) is 71.3 Å². The molecule has 18 heavy (non-hydrogen) atoms. The third kappa shape index (κ3) is 3.92. The van der Waals surface area contributed by atoms with Gasteiger partial charge in [-0.05, 0) is 49.9 Å². The van der Waals surface area contributed by atoms with Gasteiger partial charge in [0.25, 0.3) is 5.69 Å². The van der Waals surface area contributed by atoms with Gasteiger partial charge in [0.05, 0.1) is 9.40 Å². The van der Waals surface area contributed by atoms with Crippen LogP contribution in [0.15, 0.2) is 10.7 Å². The molecule has 0 saturated heterocycles. The second-order valence-electron chi connectivity index (χ2n) is 4.27. The van der Waals surface area contributed by atoms with E-state index in [0.717, 1.165) is 19.5 Å². The van der Waals surface area contributed by atoms with Gasteiger partial charge in [0, 0.05) is 12.1 Å². The summed E-state index contributed by atoms with van der Waals surface area (Å²) in [6, 6.07) is 0. The van der Waals surface area contributed by atoms with Crippen LogP contribution in [-0.2, 0) is 0 Å². The highest BCUT2D eigenvalue weighted by Crippen LogP contribution is 2.30. The van der Waals surface area contributed by atoms with Gasteiger partial charge in [-0.3, -0.25) is 10.1 Å². The molecule has 0 fully saturated rings. The zero-order valence-electron chi connectivity index (χ0n) is 10.7. The van der Waals surface area contributed by atoms with E-state index in [4.69, 9.17) is 0 Å². The average Bonchev–Trinajstić information content (AvgIpc) is 2.29. The summed E-state index contributed by atoms with van der Waals surface area (Å²) in [5, 5.41) is 13.9. The molecular formula is C11H17BrN4O2. The maximum Gasteiger partial charge on any atom is 0.291 e. The third-order valence-corrected chi connectivity index (χ3v) is 3.48. The van der Waals surface area contributed by atoms with Crippen molar-refractivity contribution in [1.29, 1.82) is 0 Å². The Kier molecular flexibility index (Phi) is 5.49. The molecule has 0 amide bonds. The molecule has 100 valence electrons. The number of hydrogen-bond donors (Lipinski definition) is 1. The van der Waals surface area contributed by atoms with Crippen LogP contribution in [0.4, 0.5) is 11.5 Å². The number of pyridine rings is 1. The van der Waals surface area contributed by atoms with Gasteiger partial charge < -0.3 is 10.2 Å². The summed E-state index contributed by atoms with van der Waals surface area (Å²) in [6.45, 7) is 3.46. The van der Waals surface area contributed by atoms with Crippen LogP contribution in [0.5, 0.6) is 0 Å². The van der Waals surface area contributed by atoms with Crippen molar-refractivity contribution in [3.63, 3.8) is 0 Å². The highest BCUT2D eigenvalue weighted by atomic mass is 79.9. The van der Waals surface area contributed by atoms with Crippen LogP contribution in [0.3, 0.4) is 0 Å². The molecule has 0 spiro atoms. The van der Waals surface area contributed by atoms with Gasteiger partial charge >= 0.3 is 0 Å². The minimum absolute atomic E-state index is 0.0284. The van der Waals surface area contributed by atoms with Crippen LogP contribution in [0.2, 0.25) is 0 Å². The summed E-state index contributed by atoms with van der Waals surface area (Å²) in [6.07, 6.45) is 2.27. The molecule has 6 nitrogen and oxygen atoms in total. The smallest absolute Gasteiger partial charge is 0.291 e. The first-order valence-corrected chi connectivity index (χ1v) is 6.41. The lowest BCUT2D eigenvalue weighted by molar-refractivity contribution is -0.385. The fraction of sp³-hybridized carbons (Fsp3) is 0.545. The molecule has 1 heterocycles. The normalized spacial score (nSPS) is 10.7. The highest BCUT2D eigenvalue weighted by Gasteiger charge is 2.16. The minimum atomic E-state index is -0.428. The first-order chi connectivity index (χ1) is 8.43. The average molecular weight is 317 g/mol. The van der Waals surface area contributed by atoms with Gasteiger partial charge in [0.1, 0.15) is 12.0 Å². The molecule has 0 radical (unpaired) electrons. The van der Waals surface area contributed by atoms with E-state index in [1.54, 1.807) is 6.92 Å². The lowest BCUT2D eigenvalue weighted by atomic mass is 10.2. The van der Waals surface area contributed by atoms with Crippen LogP contribution in [0.1, 0.15) is 12.0 Å². The lowest BCUT2D eigenvalue weighted by Crippen LogP contribution is -2.16. The molecule has 7 heteroatoms. The van der Waals surface area contributed by atoms with E-state index in [-0.39, 0.29) is 5.69 Å². The quantitative estimate of drug-likeness (QED) is 0.496. The summed E-state index contributed by atoms with van der Waals surface area (Å²) < 4.78 is 0.654. The van der Waals surface area contributed by atoms with E-state index in [1.807, 2.05) is 14.1 Å². The largest absolute Gasteiger partial charge is 0.369 e. The summed E-state index contributed by atoms with van der Waals surface area (Å²) >= 11 is 3.34. The van der Waals surface area contributed by atoms with Crippen molar-refractivity contribution in [2.75, 3.05) is 32.5 Å². The zero-order chi connectivity index (χ0) is 13.7. The number of anilines is 1. The van der Waals surface area contributed by atoms with Crippen molar-refractivity contribution in [2.24, 2.45) is 0 Å². The van der Waals surface area contributed by atoms with Crippen molar-refractivity contribution in [1.82, 2.24) is 9.88 Å². The van der Waals surface area contributed by atoms with Crippen molar-refractivity contribution in [3.8, 4) is 0 Å². The molecule has 1 rings (SSSR count). The Morgan fingerprint density at radius 1 is 1.56 bits per heavy atom. The molecule has 0 aliphatic heterocycles. The highest BCUT2D eigenvalue weighted by molar-refractivity contribution is 9.10. The molecular weight excluding hydrogens is 300 g/mol. The van der Waals surface area contributed by atoms with Crippen molar-refractivity contribution >= 4 is 27.4 Å². The van der Waals surface area contributed by atoms with Gasteiger partial charge in [-0.15, -0.1) is 0 Å². The monoisotopic (exact) mass is 316 g/mol. The molecule has 1 aromatic heterocycles. The summed E-state index contributed by atoms with van der Waals surface area (Å²) in [5.74, 6) is 0.650. The van der Waals surface area contributed by atoms with E-state index >= 15 is 0 Å². The maximum atomic E-state index is 10.7. The molecule has 0 aromatic carbocycles. The summed E-state index contributed by atoms with van der Waals surface area (Å²) in [5.41, 5.74) is 0.617. The Bertz CT molecular complexity index is 437. The molecule has 0 saturated carbocycles. The van der Waals surface area contributed by atoms with Gasteiger partial charge in [-0.2, -0.15) is 0 Å². The van der Waals surface area contributed by atoms with E-state index in [9.17, 15) is 10.1 Å². The fourth-order valence-electron chi connectivity index (χ4n) is 1.48. The molecule has 0 aliphatic rings. The molecule has 0 aliphatic carbocycles. The standard InChI is InChI=1S/C11H17BrN4O2/c1-8-9(16(17)18)7-14-11(10(8)12)13-5-4-6-15(2)3/h7H,4-6H2,1-3H3,(H,13,14). The second-order valence-corrected chi connectivity index (χ2v) is 5.06. The third-order valence-electron chi connectivity index (χ3n) is 2.51. The first-order valence-electron chi connectivity index (χ1n) is 5.61. The minimum Gasteiger partial charge on any atom is -0.369 e. The number of halogens is 1. The number of hydrogen-bond acceptors (Lipinski definition) is 5. The van der Waals surface area contributed by atoms with E-state index < -0.39 is 4.92 Å². The van der Waals surface area contributed by atoms with Crippen molar-refractivity contribution < 1.29 is 4.92 Å². The lowest BCUT2D eigenvalue weighted by Gasteiger charge is -2.11. The summed E-state index contributed by atoms with van der Waals surface area (Å²) in [7, 11) is 4.04. The van der Waals surface area contributed by atoms with Gasteiger partial charge in [-0.1, -0.05) is 0 Å². The SMILES string of the molecule is Cc1c([N+](=O)[O-])cnc(NCCCN(C)C)c1Br. The Morgan fingerprint density at radius 2 is 2.22 bits per heavy atom. The first kappa shape index (κ1) is 14.8. The van der Waals surface area contributed by atoms with Crippen molar-refractivity contribution in [2.45, 2.75) is 13.3 Å². The number of nitrogens with zero attached hydrogens (tertiary/aromatic N) is 3. The van der Waals surface area contributed by atoms with E-state index in [1.165, 1.54) is 6.20 Å². The predicted molar refractivity (Wildman–Crippen MR) is 75.0 cm³/mol. The van der Waals surface area contributed by atoms with Crippen LogP contribution >= 0.6 is 15.9 Å². The molecule has 1 aromatic rings. The van der Waals surface area contributed by atoms with Crippen molar-refractivity contribution in [3.05, 3.63) is 26.3 Å². The molecule has 0 bridgehead atoms. The molecule has 1 N–H and O–H groups in total.